The van der Waals surface area contributed by atoms with Crippen molar-refractivity contribution in [2.45, 2.75) is 13.5 Å². The Bertz CT molecular complexity index is 421. The van der Waals surface area contributed by atoms with Crippen molar-refractivity contribution in [2.24, 2.45) is 5.92 Å². The second kappa shape index (κ2) is 5.61. The molecule has 0 saturated heterocycles. The first-order valence-electron chi connectivity index (χ1n) is 4.77. The standard InChI is InChI=1S/C11H12N4O/c1-8(13)10(6-12)11(16)15-7-9-4-2-3-5-14-9/h2-5,10,13H,7H2,1H3,(H,15,16). The summed E-state index contributed by atoms with van der Waals surface area (Å²) < 4.78 is 0. The zero-order chi connectivity index (χ0) is 12.0. The maximum atomic E-state index is 11.5. The van der Waals surface area contributed by atoms with Crippen LogP contribution < -0.4 is 5.32 Å². The van der Waals surface area contributed by atoms with E-state index in [-0.39, 0.29) is 12.3 Å². The smallest absolute Gasteiger partial charge is 0.243 e. The minimum atomic E-state index is -1.01. The second-order valence-corrected chi connectivity index (χ2v) is 3.28. The summed E-state index contributed by atoms with van der Waals surface area (Å²) >= 11 is 0. The van der Waals surface area contributed by atoms with Crippen LogP contribution in [0.15, 0.2) is 24.4 Å². The minimum Gasteiger partial charge on any atom is -0.349 e. The van der Waals surface area contributed by atoms with Crippen molar-refractivity contribution in [1.82, 2.24) is 10.3 Å². The van der Waals surface area contributed by atoms with Gasteiger partial charge in [-0.15, -0.1) is 0 Å². The highest BCUT2D eigenvalue weighted by Gasteiger charge is 2.19. The Kier molecular flexibility index (Phi) is 4.16. The van der Waals surface area contributed by atoms with E-state index < -0.39 is 11.8 Å². The third kappa shape index (κ3) is 3.17. The Hall–Kier alpha value is -2.22. The molecule has 0 fully saturated rings. The molecule has 1 unspecified atom stereocenters. The molecule has 0 aliphatic carbocycles. The third-order valence-corrected chi connectivity index (χ3v) is 1.99. The Morgan fingerprint density at radius 3 is 2.94 bits per heavy atom. The van der Waals surface area contributed by atoms with Crippen molar-refractivity contribution >= 4 is 11.6 Å². The molecule has 0 bridgehead atoms. The monoisotopic (exact) mass is 216 g/mol. The predicted molar refractivity (Wildman–Crippen MR) is 58.6 cm³/mol. The van der Waals surface area contributed by atoms with Crippen LogP contribution in [0.4, 0.5) is 0 Å². The number of nitrogens with one attached hydrogen (secondary N) is 2. The molecular formula is C11H12N4O. The van der Waals surface area contributed by atoms with Crippen LogP contribution in [0.25, 0.3) is 0 Å². The molecule has 0 aromatic carbocycles. The van der Waals surface area contributed by atoms with Crippen LogP contribution in [-0.4, -0.2) is 16.6 Å². The third-order valence-electron chi connectivity index (χ3n) is 1.99. The highest BCUT2D eigenvalue weighted by atomic mass is 16.1. The van der Waals surface area contributed by atoms with Gasteiger partial charge in [-0.2, -0.15) is 5.26 Å². The fourth-order valence-electron chi connectivity index (χ4n) is 1.13. The van der Waals surface area contributed by atoms with Gasteiger partial charge in [0.25, 0.3) is 0 Å². The van der Waals surface area contributed by atoms with E-state index in [1.54, 1.807) is 24.4 Å². The Balaban J connectivity index is 2.54. The molecule has 1 amide bonds. The number of nitriles is 1. The second-order valence-electron chi connectivity index (χ2n) is 3.28. The normalized spacial score (nSPS) is 11.2. The lowest BCUT2D eigenvalue weighted by atomic mass is 10.1. The summed E-state index contributed by atoms with van der Waals surface area (Å²) in [6.07, 6.45) is 1.63. The van der Waals surface area contributed by atoms with Crippen molar-refractivity contribution in [3.8, 4) is 6.07 Å². The number of hydrogen-bond acceptors (Lipinski definition) is 4. The number of nitrogens with zero attached hydrogens (tertiary/aromatic N) is 2. The fourth-order valence-corrected chi connectivity index (χ4v) is 1.13. The van der Waals surface area contributed by atoms with E-state index in [1.807, 2.05) is 6.07 Å². The molecular weight excluding hydrogens is 204 g/mol. The van der Waals surface area contributed by atoms with Crippen LogP contribution in [0, 0.1) is 22.7 Å². The minimum absolute atomic E-state index is 0.0426. The summed E-state index contributed by atoms with van der Waals surface area (Å²) in [6.45, 7) is 1.71. The van der Waals surface area contributed by atoms with Gasteiger partial charge in [-0.05, 0) is 19.1 Å². The molecule has 0 radical (unpaired) electrons. The van der Waals surface area contributed by atoms with Crippen LogP contribution in [0.1, 0.15) is 12.6 Å². The largest absolute Gasteiger partial charge is 0.349 e. The van der Waals surface area contributed by atoms with Crippen LogP contribution in [-0.2, 0) is 11.3 Å². The van der Waals surface area contributed by atoms with Gasteiger partial charge in [-0.25, -0.2) is 0 Å². The number of amides is 1. The van der Waals surface area contributed by atoms with Gasteiger partial charge in [0.2, 0.25) is 5.91 Å². The van der Waals surface area contributed by atoms with Crippen molar-refractivity contribution in [3.63, 3.8) is 0 Å². The maximum absolute atomic E-state index is 11.5. The Morgan fingerprint density at radius 2 is 2.44 bits per heavy atom. The molecule has 82 valence electrons. The van der Waals surface area contributed by atoms with Crippen LogP contribution in [0.3, 0.4) is 0 Å². The van der Waals surface area contributed by atoms with Crippen molar-refractivity contribution in [1.29, 1.82) is 10.7 Å². The van der Waals surface area contributed by atoms with E-state index in [0.29, 0.717) is 0 Å². The average Bonchev–Trinajstić information content (AvgIpc) is 2.28. The van der Waals surface area contributed by atoms with Crippen LogP contribution in [0.2, 0.25) is 0 Å². The summed E-state index contributed by atoms with van der Waals surface area (Å²) in [6, 6.07) is 7.16. The van der Waals surface area contributed by atoms with Crippen molar-refractivity contribution < 1.29 is 4.79 Å². The van der Waals surface area contributed by atoms with E-state index in [2.05, 4.69) is 10.3 Å². The Labute approximate surface area is 93.6 Å². The van der Waals surface area contributed by atoms with E-state index in [0.717, 1.165) is 5.69 Å². The van der Waals surface area contributed by atoms with Gasteiger partial charge in [0.1, 0.15) is 0 Å². The molecule has 5 heteroatoms. The summed E-state index contributed by atoms with van der Waals surface area (Å²) in [4.78, 5) is 15.5. The first-order valence-corrected chi connectivity index (χ1v) is 4.77. The molecule has 16 heavy (non-hydrogen) atoms. The summed E-state index contributed by atoms with van der Waals surface area (Å²) in [5, 5.41) is 18.5. The fraction of sp³-hybridized carbons (Fsp3) is 0.273. The van der Waals surface area contributed by atoms with E-state index in [4.69, 9.17) is 10.7 Å². The SMILES string of the molecule is CC(=N)C(C#N)C(=O)NCc1ccccn1. The van der Waals surface area contributed by atoms with Crippen LogP contribution in [0.5, 0.6) is 0 Å². The number of pyridine rings is 1. The first kappa shape index (κ1) is 11.9. The molecule has 1 heterocycles. The maximum Gasteiger partial charge on any atom is 0.243 e. The zero-order valence-electron chi connectivity index (χ0n) is 8.90. The van der Waals surface area contributed by atoms with Gasteiger partial charge in [-0.3, -0.25) is 9.78 Å². The van der Waals surface area contributed by atoms with Gasteiger partial charge < -0.3 is 10.7 Å². The molecule has 0 aliphatic rings. The lowest BCUT2D eigenvalue weighted by Gasteiger charge is -2.08. The lowest BCUT2D eigenvalue weighted by Crippen LogP contribution is -2.33. The molecule has 1 rings (SSSR count). The number of aromatic nitrogens is 1. The molecule has 1 atom stereocenters. The molecule has 5 nitrogen and oxygen atoms in total. The van der Waals surface area contributed by atoms with Crippen molar-refractivity contribution in [3.05, 3.63) is 30.1 Å². The molecule has 1 aromatic heterocycles. The molecule has 2 N–H and O–H groups in total. The topological polar surface area (TPSA) is 89.6 Å². The van der Waals surface area contributed by atoms with Crippen molar-refractivity contribution in [2.75, 3.05) is 0 Å². The highest BCUT2D eigenvalue weighted by molar-refractivity contribution is 6.04. The van der Waals surface area contributed by atoms with Gasteiger partial charge in [-0.1, -0.05) is 6.07 Å². The van der Waals surface area contributed by atoms with E-state index in [1.165, 1.54) is 6.92 Å². The van der Waals surface area contributed by atoms with Gasteiger partial charge in [0.05, 0.1) is 18.3 Å². The average molecular weight is 216 g/mol. The van der Waals surface area contributed by atoms with Gasteiger partial charge in [0, 0.05) is 11.9 Å². The molecule has 0 aliphatic heterocycles. The molecule has 0 spiro atoms. The van der Waals surface area contributed by atoms with Gasteiger partial charge >= 0.3 is 0 Å². The summed E-state index contributed by atoms with van der Waals surface area (Å²) in [7, 11) is 0. The highest BCUT2D eigenvalue weighted by Crippen LogP contribution is 1.98. The number of hydrogen-bond donors (Lipinski definition) is 2. The van der Waals surface area contributed by atoms with Crippen LogP contribution >= 0.6 is 0 Å². The van der Waals surface area contributed by atoms with Gasteiger partial charge in [0.15, 0.2) is 5.92 Å². The number of carbonyl (C=O) groups is 1. The molecule has 0 saturated carbocycles. The van der Waals surface area contributed by atoms with E-state index in [9.17, 15) is 4.79 Å². The lowest BCUT2D eigenvalue weighted by molar-refractivity contribution is -0.121. The first-order chi connectivity index (χ1) is 7.65. The Morgan fingerprint density at radius 1 is 1.69 bits per heavy atom. The van der Waals surface area contributed by atoms with E-state index >= 15 is 0 Å². The number of rotatable bonds is 4. The zero-order valence-corrected chi connectivity index (χ0v) is 8.90. The summed E-state index contributed by atoms with van der Waals surface area (Å²) in [5.74, 6) is -1.47. The quantitative estimate of drug-likeness (QED) is 0.732. The summed E-state index contributed by atoms with van der Waals surface area (Å²) in [5.41, 5.74) is 0.760. The molecule has 1 aromatic rings. The number of carbonyl (C=O) groups excluding carboxylic acids is 1. The predicted octanol–water partition coefficient (Wildman–Crippen LogP) is 0.877.